The van der Waals surface area contributed by atoms with E-state index in [2.05, 4.69) is 42.5 Å². The van der Waals surface area contributed by atoms with Gasteiger partial charge in [-0.25, -0.2) is 4.79 Å². The number of benzene rings is 1. The Morgan fingerprint density at radius 3 is 2.00 bits per heavy atom. The van der Waals surface area contributed by atoms with Crippen LogP contribution in [0, 0.1) is 17.8 Å². The summed E-state index contributed by atoms with van der Waals surface area (Å²) in [4.78, 5) is 12.5. The SMILES string of the molecule is O=C(Nc1cc(Br)c(O)c(Br)c1)NC12CC3CC(CC(C3)C1)C2. The minimum absolute atomic E-state index is 0.00418. The van der Waals surface area contributed by atoms with Gasteiger partial charge in [-0.15, -0.1) is 0 Å². The average Bonchev–Trinajstić information content (AvgIpc) is 2.42. The topological polar surface area (TPSA) is 61.4 Å². The van der Waals surface area contributed by atoms with Crippen molar-refractivity contribution >= 4 is 43.6 Å². The maximum Gasteiger partial charge on any atom is 0.319 e. The van der Waals surface area contributed by atoms with Crippen molar-refractivity contribution in [3.8, 4) is 5.75 Å². The van der Waals surface area contributed by atoms with Crippen LogP contribution in [0.15, 0.2) is 21.1 Å². The van der Waals surface area contributed by atoms with Crippen molar-refractivity contribution in [1.29, 1.82) is 0 Å². The van der Waals surface area contributed by atoms with Crippen LogP contribution in [0.2, 0.25) is 0 Å². The van der Waals surface area contributed by atoms with Crippen molar-refractivity contribution < 1.29 is 9.90 Å². The summed E-state index contributed by atoms with van der Waals surface area (Å²) in [5, 5.41) is 15.9. The van der Waals surface area contributed by atoms with Gasteiger partial charge in [-0.3, -0.25) is 0 Å². The molecule has 4 aliphatic carbocycles. The Morgan fingerprint density at radius 2 is 1.52 bits per heavy atom. The molecule has 5 rings (SSSR count). The molecule has 0 atom stereocenters. The second kappa shape index (κ2) is 5.66. The Kier molecular flexibility index (Phi) is 3.88. The monoisotopic (exact) mass is 442 g/mol. The fourth-order valence-electron chi connectivity index (χ4n) is 5.30. The predicted octanol–water partition coefficient (Wildman–Crippen LogP) is 5.01. The van der Waals surface area contributed by atoms with Crippen LogP contribution >= 0.6 is 31.9 Å². The first kappa shape index (κ1) is 15.8. The Bertz CT molecular complexity index is 604. The number of carbonyl (C=O) groups is 1. The lowest BCUT2D eigenvalue weighted by Crippen LogP contribution is -2.60. The molecule has 1 aromatic rings. The highest BCUT2D eigenvalue weighted by Gasteiger charge is 2.51. The standard InChI is InChI=1S/C17H20Br2N2O2/c18-13-4-12(5-14(19)15(13)22)20-16(23)21-17-6-9-1-10(7-17)3-11(2-9)8-17/h4-5,9-11,22H,1-3,6-8H2,(H2,20,21,23). The molecule has 0 saturated heterocycles. The number of aromatic hydroxyl groups is 1. The minimum atomic E-state index is -0.142. The van der Waals surface area contributed by atoms with E-state index in [9.17, 15) is 9.90 Å². The highest BCUT2D eigenvalue weighted by molar-refractivity contribution is 9.11. The maximum atomic E-state index is 12.5. The number of urea groups is 1. The third-order valence-corrected chi connectivity index (χ3v) is 6.90. The van der Waals surface area contributed by atoms with Crippen molar-refractivity contribution in [2.75, 3.05) is 5.32 Å². The van der Waals surface area contributed by atoms with Gasteiger partial charge in [0.25, 0.3) is 0 Å². The quantitative estimate of drug-likeness (QED) is 0.562. The average molecular weight is 444 g/mol. The van der Waals surface area contributed by atoms with Gasteiger partial charge in [0.2, 0.25) is 0 Å². The van der Waals surface area contributed by atoms with E-state index in [1.165, 1.54) is 19.3 Å². The first-order valence-electron chi connectivity index (χ1n) is 8.20. The van der Waals surface area contributed by atoms with E-state index in [1.54, 1.807) is 12.1 Å². The Labute approximate surface area is 152 Å². The molecule has 0 radical (unpaired) electrons. The number of phenolic OH excluding ortho intramolecular Hbond substituents is 1. The largest absolute Gasteiger partial charge is 0.506 e. The molecule has 1 aromatic carbocycles. The van der Waals surface area contributed by atoms with Gasteiger partial charge in [0, 0.05) is 11.2 Å². The van der Waals surface area contributed by atoms with Crippen molar-refractivity contribution in [2.45, 2.75) is 44.1 Å². The van der Waals surface area contributed by atoms with Crippen LogP contribution in [-0.2, 0) is 0 Å². The van der Waals surface area contributed by atoms with Gasteiger partial charge in [0.1, 0.15) is 5.75 Å². The molecule has 0 aromatic heterocycles. The van der Waals surface area contributed by atoms with Crippen LogP contribution in [0.4, 0.5) is 10.5 Å². The zero-order valence-corrected chi connectivity index (χ0v) is 15.9. The Hall–Kier alpha value is -0.750. The first-order valence-corrected chi connectivity index (χ1v) is 9.78. The smallest absolute Gasteiger partial charge is 0.319 e. The fraction of sp³-hybridized carbons (Fsp3) is 0.588. The van der Waals surface area contributed by atoms with E-state index in [0.29, 0.717) is 14.6 Å². The molecule has 0 unspecified atom stereocenters. The summed E-state index contributed by atoms with van der Waals surface area (Å²) in [6.45, 7) is 0. The van der Waals surface area contributed by atoms with Gasteiger partial charge in [-0.2, -0.15) is 0 Å². The summed E-state index contributed by atoms with van der Waals surface area (Å²) < 4.78 is 1.11. The molecule has 3 N–H and O–H groups in total. The van der Waals surface area contributed by atoms with Crippen LogP contribution in [0.1, 0.15) is 38.5 Å². The molecule has 4 bridgehead atoms. The van der Waals surface area contributed by atoms with E-state index >= 15 is 0 Å². The number of rotatable bonds is 2. The summed E-state index contributed by atoms with van der Waals surface area (Å²) in [5.74, 6) is 2.55. The van der Waals surface area contributed by atoms with Gasteiger partial charge >= 0.3 is 6.03 Å². The van der Waals surface area contributed by atoms with Crippen molar-refractivity contribution in [3.63, 3.8) is 0 Å². The van der Waals surface area contributed by atoms with E-state index in [1.807, 2.05) is 0 Å². The number of hydrogen-bond donors (Lipinski definition) is 3. The van der Waals surface area contributed by atoms with E-state index in [4.69, 9.17) is 0 Å². The summed E-state index contributed by atoms with van der Waals surface area (Å²) in [5.41, 5.74) is 0.660. The number of phenols is 1. The molecule has 23 heavy (non-hydrogen) atoms. The third-order valence-electron chi connectivity index (χ3n) is 5.69. The Balaban J connectivity index is 1.46. The van der Waals surface area contributed by atoms with Gasteiger partial charge in [0.15, 0.2) is 0 Å². The summed E-state index contributed by atoms with van der Waals surface area (Å²) >= 11 is 6.58. The number of anilines is 1. The minimum Gasteiger partial charge on any atom is -0.506 e. The normalized spacial score (nSPS) is 34.4. The maximum absolute atomic E-state index is 12.5. The summed E-state index contributed by atoms with van der Waals surface area (Å²) in [6, 6.07) is 3.27. The predicted molar refractivity (Wildman–Crippen MR) is 96.6 cm³/mol. The lowest BCUT2D eigenvalue weighted by Gasteiger charge is -2.56. The first-order chi connectivity index (χ1) is 10.9. The number of carbonyl (C=O) groups excluding carboxylic acids is 1. The van der Waals surface area contributed by atoms with Crippen molar-refractivity contribution in [3.05, 3.63) is 21.1 Å². The zero-order valence-electron chi connectivity index (χ0n) is 12.7. The van der Waals surface area contributed by atoms with E-state index in [0.717, 1.165) is 37.0 Å². The second-order valence-electron chi connectivity index (χ2n) is 7.57. The van der Waals surface area contributed by atoms with Crippen LogP contribution in [0.5, 0.6) is 5.75 Å². The number of halogens is 2. The van der Waals surface area contributed by atoms with Crippen LogP contribution in [0.25, 0.3) is 0 Å². The fourth-order valence-corrected chi connectivity index (χ4v) is 6.49. The molecule has 4 aliphatic rings. The van der Waals surface area contributed by atoms with Gasteiger partial charge in [0.05, 0.1) is 8.95 Å². The molecule has 4 nitrogen and oxygen atoms in total. The van der Waals surface area contributed by atoms with Gasteiger partial charge in [-0.1, -0.05) is 0 Å². The molecule has 4 fully saturated rings. The molecule has 0 spiro atoms. The van der Waals surface area contributed by atoms with Gasteiger partial charge < -0.3 is 15.7 Å². The highest BCUT2D eigenvalue weighted by Crippen LogP contribution is 2.55. The van der Waals surface area contributed by atoms with E-state index < -0.39 is 0 Å². The highest BCUT2D eigenvalue weighted by atomic mass is 79.9. The lowest BCUT2D eigenvalue weighted by atomic mass is 9.53. The zero-order chi connectivity index (χ0) is 16.2. The summed E-state index contributed by atoms with van der Waals surface area (Å²) in [6.07, 6.45) is 7.49. The van der Waals surface area contributed by atoms with Crippen LogP contribution in [-0.4, -0.2) is 16.7 Å². The molecule has 0 aliphatic heterocycles. The van der Waals surface area contributed by atoms with Crippen LogP contribution in [0.3, 0.4) is 0 Å². The van der Waals surface area contributed by atoms with E-state index in [-0.39, 0.29) is 17.3 Å². The van der Waals surface area contributed by atoms with Crippen molar-refractivity contribution in [1.82, 2.24) is 5.32 Å². The molecular weight excluding hydrogens is 424 g/mol. The Morgan fingerprint density at radius 1 is 1.04 bits per heavy atom. The molecular formula is C17H20Br2N2O2. The second-order valence-corrected chi connectivity index (χ2v) is 9.27. The van der Waals surface area contributed by atoms with Gasteiger partial charge in [-0.05, 0) is 100 Å². The van der Waals surface area contributed by atoms with Crippen LogP contribution < -0.4 is 10.6 Å². The molecule has 4 saturated carbocycles. The number of amides is 2. The van der Waals surface area contributed by atoms with Crippen molar-refractivity contribution in [2.24, 2.45) is 17.8 Å². The molecule has 124 valence electrons. The molecule has 2 amide bonds. The number of nitrogens with one attached hydrogen (secondary N) is 2. The molecule has 0 heterocycles. The number of hydrogen-bond acceptors (Lipinski definition) is 2. The summed E-state index contributed by atoms with van der Waals surface area (Å²) in [7, 11) is 0. The molecule has 6 heteroatoms. The lowest BCUT2D eigenvalue weighted by molar-refractivity contribution is -0.0127. The third kappa shape index (κ3) is 3.00.